The fraction of sp³-hybridized carbons (Fsp3) is 0.651. The number of hydrogen-bond donors (Lipinski definition) is 2. The van der Waals surface area contributed by atoms with Crippen molar-refractivity contribution in [3.63, 3.8) is 0 Å². The molecule has 0 saturated carbocycles. The fourth-order valence-corrected chi connectivity index (χ4v) is 6.85. The van der Waals surface area contributed by atoms with E-state index in [9.17, 15) is 9.69 Å². The van der Waals surface area contributed by atoms with E-state index in [1.54, 1.807) is 6.26 Å². The fourth-order valence-electron chi connectivity index (χ4n) is 5.35. The number of unbranched alkanes of at least 4 members (excludes halogenated alkanes) is 12. The predicted octanol–water partition coefficient (Wildman–Crippen LogP) is 12.0. The van der Waals surface area contributed by atoms with Crippen molar-refractivity contribution in [3.05, 3.63) is 85.3 Å². The summed E-state index contributed by atoms with van der Waals surface area (Å²) >= 11 is 0. The topological polar surface area (TPSA) is 86.3 Å². The van der Waals surface area contributed by atoms with Crippen LogP contribution in [0.5, 0.6) is 0 Å². The van der Waals surface area contributed by atoms with E-state index in [1.165, 1.54) is 70.6 Å². The van der Waals surface area contributed by atoms with Gasteiger partial charge in [0, 0.05) is 0 Å². The Morgan fingerprint density at radius 3 is 1.69 bits per heavy atom. The van der Waals surface area contributed by atoms with Crippen molar-refractivity contribution in [2.45, 2.75) is 155 Å². The Kier molecular flexibility index (Phi) is 33.1. The van der Waals surface area contributed by atoms with Crippen LogP contribution in [0, 0.1) is 0 Å². The number of carbonyl (C=O) groups excluding carboxylic acids is 1. The van der Waals surface area contributed by atoms with Crippen LogP contribution < -0.4 is 5.09 Å². The van der Waals surface area contributed by atoms with Gasteiger partial charge >= 0.3 is 168 Å². The molecular formula is C43H74NO6P. The number of esters is 1. The van der Waals surface area contributed by atoms with Crippen molar-refractivity contribution in [1.82, 2.24) is 5.09 Å². The van der Waals surface area contributed by atoms with Gasteiger partial charge in [0.05, 0.1) is 0 Å². The second-order valence-electron chi connectivity index (χ2n) is 13.1. The predicted molar refractivity (Wildman–Crippen MR) is 219 cm³/mol. The molecule has 1 fully saturated rings. The van der Waals surface area contributed by atoms with Crippen molar-refractivity contribution in [2.75, 3.05) is 26.4 Å². The van der Waals surface area contributed by atoms with Gasteiger partial charge in [-0.2, -0.15) is 0 Å². The van der Waals surface area contributed by atoms with Crippen molar-refractivity contribution < 1.29 is 28.2 Å². The molecular weight excluding hydrogens is 657 g/mol. The van der Waals surface area contributed by atoms with Crippen LogP contribution in [0.3, 0.4) is 0 Å². The van der Waals surface area contributed by atoms with E-state index < -0.39 is 14.2 Å². The molecule has 0 spiro atoms. The summed E-state index contributed by atoms with van der Waals surface area (Å²) in [5, 5.41) is 2.89. The van der Waals surface area contributed by atoms with Gasteiger partial charge in [-0.3, -0.25) is 0 Å². The van der Waals surface area contributed by atoms with Gasteiger partial charge in [0.15, 0.2) is 0 Å². The number of hydrogen-bond acceptors (Lipinski definition) is 7. The summed E-state index contributed by atoms with van der Waals surface area (Å²) in [7, 11) is -3.40. The monoisotopic (exact) mass is 732 g/mol. The Hall–Kier alpha value is -2.28. The van der Waals surface area contributed by atoms with Gasteiger partial charge in [-0.1, -0.05) is 114 Å². The van der Waals surface area contributed by atoms with Crippen molar-refractivity contribution in [1.29, 1.82) is 0 Å². The number of allylic oxidation sites excluding steroid dienone is 13. The molecule has 0 radical (unpaired) electrons. The number of ether oxygens (including phenoxy) is 2. The van der Waals surface area contributed by atoms with Crippen LogP contribution in [0.2, 0.25) is 0 Å². The molecule has 0 aromatic heterocycles. The van der Waals surface area contributed by atoms with Crippen LogP contribution in [0.1, 0.15) is 149 Å². The standard InChI is InChI=1S/C43H74NO6P/c1-3-5-7-9-11-13-15-17-19-20-21-22-23-24-26-28-30-32-34-36-43(45)50-42(41-49-51(46)44-37-39-48-51)40-47-38-35-33-31-29-27-25-18-16-14-12-10-8-6-4-2/h5,7,11,13,17,19,21-22,24,26,30,32,35,38,42,44,46,51H,3-4,6,8-10,12,14-16,18,20,23,25,27-29,31,33-34,36-37,39-41H2,1-2H3/b7-5-,13-11-,19-17-,22-21-,26-24-,32-30-,38-35-. The molecule has 1 unspecified atom stereocenters. The molecule has 8 heteroatoms. The summed E-state index contributed by atoms with van der Waals surface area (Å²) < 4.78 is 22.3. The van der Waals surface area contributed by atoms with Crippen LogP contribution in [-0.4, -0.2) is 43.3 Å². The van der Waals surface area contributed by atoms with Gasteiger partial charge in [0.2, 0.25) is 0 Å². The number of rotatable bonds is 34. The van der Waals surface area contributed by atoms with E-state index >= 15 is 0 Å². The zero-order valence-electron chi connectivity index (χ0n) is 32.3. The normalized spacial score (nSPS) is 16.4. The van der Waals surface area contributed by atoms with Crippen LogP contribution in [0.25, 0.3) is 0 Å². The molecule has 0 aliphatic carbocycles. The molecule has 0 bridgehead atoms. The SMILES string of the molecule is CC/C=C\C/C=C\C/C=C\C/C=C\C/C=C\C/C=C\CCC(=O)OC(CO/C=C\CCCCCCCCCCCCCC)CO[PH]1(O)NCCO1. The van der Waals surface area contributed by atoms with E-state index in [0.29, 0.717) is 19.6 Å². The average molecular weight is 732 g/mol. The first-order valence-electron chi connectivity index (χ1n) is 20.2. The average Bonchev–Trinajstić information content (AvgIpc) is 3.57. The molecule has 0 aromatic carbocycles. The van der Waals surface area contributed by atoms with Gasteiger partial charge in [-0.25, -0.2) is 0 Å². The summed E-state index contributed by atoms with van der Waals surface area (Å²) in [6.45, 7) is 5.52. The first kappa shape index (κ1) is 46.7. The second kappa shape index (κ2) is 36.1. The minimum atomic E-state index is -3.40. The first-order valence-corrected chi connectivity index (χ1v) is 22.0. The Labute approximate surface area is 313 Å². The molecule has 1 rings (SSSR count). The maximum absolute atomic E-state index is 12.6. The summed E-state index contributed by atoms with van der Waals surface area (Å²) in [5.41, 5.74) is 0. The third-order valence-corrected chi connectivity index (χ3v) is 10.2. The van der Waals surface area contributed by atoms with Crippen molar-refractivity contribution >= 4 is 14.1 Å². The molecule has 7 nitrogen and oxygen atoms in total. The molecule has 1 heterocycles. The molecule has 1 atom stereocenters. The summed E-state index contributed by atoms with van der Waals surface area (Å²) in [6.07, 6.45) is 52.7. The van der Waals surface area contributed by atoms with Gasteiger partial charge < -0.3 is 0 Å². The third kappa shape index (κ3) is 32.1. The van der Waals surface area contributed by atoms with Crippen LogP contribution >= 0.6 is 8.09 Å². The van der Waals surface area contributed by atoms with E-state index in [-0.39, 0.29) is 25.6 Å². The molecule has 1 aliphatic rings. The van der Waals surface area contributed by atoms with Gasteiger partial charge in [-0.15, -0.1) is 0 Å². The zero-order chi connectivity index (χ0) is 36.8. The van der Waals surface area contributed by atoms with Gasteiger partial charge in [-0.05, 0) is 32.1 Å². The molecule has 0 aromatic rings. The molecule has 1 aliphatic heterocycles. The van der Waals surface area contributed by atoms with Crippen LogP contribution in [-0.2, 0) is 23.3 Å². The number of carbonyl (C=O) groups is 1. The van der Waals surface area contributed by atoms with Crippen molar-refractivity contribution in [2.24, 2.45) is 0 Å². The van der Waals surface area contributed by atoms with E-state index in [4.69, 9.17) is 18.5 Å². The summed E-state index contributed by atoms with van der Waals surface area (Å²) in [5.74, 6) is -0.318. The van der Waals surface area contributed by atoms with Crippen molar-refractivity contribution in [3.8, 4) is 0 Å². The van der Waals surface area contributed by atoms with Gasteiger partial charge in [0.25, 0.3) is 0 Å². The first-order chi connectivity index (χ1) is 25.1. The Bertz CT molecular complexity index is 1010. The van der Waals surface area contributed by atoms with E-state index in [0.717, 1.165) is 51.4 Å². The summed E-state index contributed by atoms with van der Waals surface area (Å²) in [6, 6.07) is 0. The quantitative estimate of drug-likeness (QED) is 0.0224. The minimum absolute atomic E-state index is 0.00789. The van der Waals surface area contributed by atoms with Crippen LogP contribution in [0.4, 0.5) is 0 Å². The summed E-state index contributed by atoms with van der Waals surface area (Å²) in [4.78, 5) is 23.0. The zero-order valence-corrected chi connectivity index (χ0v) is 33.3. The third-order valence-electron chi connectivity index (χ3n) is 8.32. The molecule has 292 valence electrons. The molecule has 0 amide bonds. The molecule has 1 saturated heterocycles. The number of nitrogens with one attached hydrogen (secondary N) is 1. The second-order valence-corrected chi connectivity index (χ2v) is 15.2. The molecule has 51 heavy (non-hydrogen) atoms. The van der Waals surface area contributed by atoms with Crippen LogP contribution in [0.15, 0.2) is 85.3 Å². The Morgan fingerprint density at radius 2 is 1.18 bits per heavy atom. The van der Waals surface area contributed by atoms with E-state index in [1.807, 2.05) is 12.2 Å². The Morgan fingerprint density at radius 1 is 0.667 bits per heavy atom. The molecule has 2 N–H and O–H groups in total. The van der Waals surface area contributed by atoms with Gasteiger partial charge in [0.1, 0.15) is 0 Å². The van der Waals surface area contributed by atoms with E-state index in [2.05, 4.69) is 85.8 Å². The maximum atomic E-state index is 12.6. The Balaban J connectivity index is 2.20.